The fourth-order valence-corrected chi connectivity index (χ4v) is 3.30. The van der Waals surface area contributed by atoms with Crippen LogP contribution in [0.4, 0.5) is 17.6 Å². The van der Waals surface area contributed by atoms with Crippen molar-refractivity contribution in [1.82, 2.24) is 0 Å². The zero-order valence-corrected chi connectivity index (χ0v) is 16.1. The second-order valence-corrected chi connectivity index (χ2v) is 6.98. The van der Waals surface area contributed by atoms with E-state index in [2.05, 4.69) is 28.5 Å². The molecule has 0 fully saturated rings. The lowest BCUT2D eigenvalue weighted by Crippen LogP contribution is -2.25. The molecule has 0 radical (unpaired) electrons. The molecule has 30 heavy (non-hydrogen) atoms. The van der Waals surface area contributed by atoms with Crippen LogP contribution in [0.5, 0.6) is 11.5 Å². The van der Waals surface area contributed by atoms with Crippen molar-refractivity contribution >= 4 is 11.7 Å². The van der Waals surface area contributed by atoms with E-state index in [-0.39, 0.29) is 22.6 Å². The molecule has 0 saturated carbocycles. The number of benzene rings is 3. The van der Waals surface area contributed by atoms with Crippen LogP contribution in [0.25, 0.3) is 22.8 Å². The van der Waals surface area contributed by atoms with E-state index in [1.165, 1.54) is 17.7 Å². The molecule has 1 heterocycles. The standard InChI is InChI=1S/C24H18F4O2/c1-2-3-15-4-6-16(7-5-15)17-8-10-18(11-9-17)22(25)23(26)19-12-13-20-21(14-19)30-24(27,28)29-20/h4-14H,2-3H2,1H3/b23-22+. The third kappa shape index (κ3) is 4.03. The maximum atomic E-state index is 14.7. The number of ether oxygens (including phenoxy) is 2. The Morgan fingerprint density at radius 1 is 0.733 bits per heavy atom. The summed E-state index contributed by atoms with van der Waals surface area (Å²) in [6, 6.07) is 17.7. The van der Waals surface area contributed by atoms with Gasteiger partial charge in [0.1, 0.15) is 0 Å². The molecule has 2 nitrogen and oxygen atoms in total. The summed E-state index contributed by atoms with van der Waals surface area (Å²) in [5.74, 6) is -2.84. The normalized spacial score (nSPS) is 15.1. The predicted molar refractivity (Wildman–Crippen MR) is 108 cm³/mol. The number of halogens is 4. The Morgan fingerprint density at radius 3 is 1.90 bits per heavy atom. The van der Waals surface area contributed by atoms with Gasteiger partial charge in [0.05, 0.1) is 0 Å². The molecular formula is C24H18F4O2. The molecule has 0 saturated heterocycles. The highest BCUT2D eigenvalue weighted by Crippen LogP contribution is 2.43. The Kier molecular flexibility index (Phi) is 5.24. The van der Waals surface area contributed by atoms with Gasteiger partial charge < -0.3 is 9.47 Å². The van der Waals surface area contributed by atoms with E-state index >= 15 is 0 Å². The second-order valence-electron chi connectivity index (χ2n) is 6.98. The molecular weight excluding hydrogens is 396 g/mol. The van der Waals surface area contributed by atoms with Crippen molar-refractivity contribution in [3.05, 3.63) is 83.4 Å². The van der Waals surface area contributed by atoms with Crippen LogP contribution in [0.1, 0.15) is 30.0 Å². The molecule has 154 valence electrons. The molecule has 4 rings (SSSR count). The molecule has 0 unspecified atom stereocenters. The fraction of sp³-hybridized carbons (Fsp3) is 0.167. The average molecular weight is 414 g/mol. The van der Waals surface area contributed by atoms with Crippen LogP contribution in [0.3, 0.4) is 0 Å². The summed E-state index contributed by atoms with van der Waals surface area (Å²) in [4.78, 5) is 0. The van der Waals surface area contributed by atoms with Gasteiger partial charge in [0.15, 0.2) is 23.2 Å². The first-order valence-corrected chi connectivity index (χ1v) is 9.51. The molecule has 0 spiro atoms. The molecule has 0 atom stereocenters. The minimum absolute atomic E-state index is 0.0434. The summed E-state index contributed by atoms with van der Waals surface area (Å²) >= 11 is 0. The van der Waals surface area contributed by atoms with Crippen LogP contribution in [0.15, 0.2) is 66.7 Å². The minimum Gasteiger partial charge on any atom is -0.395 e. The van der Waals surface area contributed by atoms with E-state index in [0.29, 0.717) is 0 Å². The predicted octanol–water partition coefficient (Wildman–Crippen LogP) is 7.39. The maximum Gasteiger partial charge on any atom is 0.586 e. The lowest BCUT2D eigenvalue weighted by Gasteiger charge is -2.07. The number of hydrogen-bond donors (Lipinski definition) is 0. The van der Waals surface area contributed by atoms with Crippen LogP contribution in [0, 0.1) is 0 Å². The smallest absolute Gasteiger partial charge is 0.395 e. The summed E-state index contributed by atoms with van der Waals surface area (Å²) < 4.78 is 64.1. The van der Waals surface area contributed by atoms with Gasteiger partial charge in [-0.1, -0.05) is 61.9 Å². The van der Waals surface area contributed by atoms with E-state index in [4.69, 9.17) is 0 Å². The zero-order valence-electron chi connectivity index (χ0n) is 16.1. The van der Waals surface area contributed by atoms with Crippen molar-refractivity contribution < 1.29 is 27.0 Å². The molecule has 0 amide bonds. The van der Waals surface area contributed by atoms with Crippen LogP contribution in [0.2, 0.25) is 0 Å². The van der Waals surface area contributed by atoms with Gasteiger partial charge in [0, 0.05) is 11.1 Å². The van der Waals surface area contributed by atoms with Crippen LogP contribution in [-0.4, -0.2) is 6.29 Å². The highest BCUT2D eigenvalue weighted by molar-refractivity contribution is 5.84. The topological polar surface area (TPSA) is 18.5 Å². The molecule has 1 aliphatic heterocycles. The van der Waals surface area contributed by atoms with Gasteiger partial charge in [0.25, 0.3) is 0 Å². The van der Waals surface area contributed by atoms with Crippen molar-refractivity contribution in [2.75, 3.05) is 0 Å². The first-order chi connectivity index (χ1) is 14.4. The Bertz CT molecular complexity index is 1090. The fourth-order valence-electron chi connectivity index (χ4n) is 3.30. The summed E-state index contributed by atoms with van der Waals surface area (Å²) in [5, 5.41) is 0. The van der Waals surface area contributed by atoms with Gasteiger partial charge in [-0.05, 0) is 41.3 Å². The quantitative estimate of drug-likeness (QED) is 0.320. The van der Waals surface area contributed by atoms with Gasteiger partial charge in [-0.25, -0.2) is 8.78 Å². The number of rotatable bonds is 5. The third-order valence-electron chi connectivity index (χ3n) is 4.81. The SMILES string of the molecule is CCCc1ccc(-c2ccc(/C(F)=C(\F)c3ccc4c(c3)OC(F)(F)O4)cc2)cc1. The molecule has 0 aromatic heterocycles. The molecule has 0 aliphatic carbocycles. The maximum absolute atomic E-state index is 14.7. The number of alkyl halides is 2. The van der Waals surface area contributed by atoms with Crippen LogP contribution < -0.4 is 9.47 Å². The second kappa shape index (κ2) is 7.86. The molecule has 1 aliphatic rings. The molecule has 3 aromatic rings. The Hall–Kier alpha value is -3.28. The van der Waals surface area contributed by atoms with Gasteiger partial charge in [-0.3, -0.25) is 0 Å². The number of fused-ring (bicyclic) bond motifs is 1. The number of aryl methyl sites for hydroxylation is 1. The van der Waals surface area contributed by atoms with Crippen molar-refractivity contribution in [3.63, 3.8) is 0 Å². The van der Waals surface area contributed by atoms with Crippen LogP contribution in [-0.2, 0) is 6.42 Å². The molecule has 3 aromatic carbocycles. The lowest BCUT2D eigenvalue weighted by atomic mass is 10.0. The highest BCUT2D eigenvalue weighted by Gasteiger charge is 2.43. The van der Waals surface area contributed by atoms with Crippen molar-refractivity contribution in [3.8, 4) is 22.6 Å². The Labute approximate surface area is 171 Å². The van der Waals surface area contributed by atoms with Gasteiger partial charge >= 0.3 is 6.29 Å². The Balaban J connectivity index is 1.57. The van der Waals surface area contributed by atoms with E-state index < -0.39 is 17.9 Å². The first-order valence-electron chi connectivity index (χ1n) is 9.51. The Morgan fingerprint density at radius 2 is 1.27 bits per heavy atom. The highest BCUT2D eigenvalue weighted by atomic mass is 19.3. The molecule has 0 bridgehead atoms. The van der Waals surface area contributed by atoms with Gasteiger partial charge in [-0.15, -0.1) is 8.78 Å². The van der Waals surface area contributed by atoms with Crippen molar-refractivity contribution in [2.45, 2.75) is 26.1 Å². The van der Waals surface area contributed by atoms with Gasteiger partial charge in [0.2, 0.25) is 0 Å². The first kappa shape index (κ1) is 20.0. The van der Waals surface area contributed by atoms with Crippen molar-refractivity contribution in [1.29, 1.82) is 0 Å². The minimum atomic E-state index is -3.82. The summed E-state index contributed by atoms with van der Waals surface area (Å²) in [5.41, 5.74) is 2.92. The lowest BCUT2D eigenvalue weighted by molar-refractivity contribution is -0.286. The average Bonchev–Trinajstić information content (AvgIpc) is 3.06. The summed E-state index contributed by atoms with van der Waals surface area (Å²) in [6.45, 7) is 2.12. The van der Waals surface area contributed by atoms with E-state index in [0.717, 1.165) is 42.2 Å². The van der Waals surface area contributed by atoms with Crippen molar-refractivity contribution in [2.24, 2.45) is 0 Å². The largest absolute Gasteiger partial charge is 0.586 e. The molecule has 6 heteroatoms. The number of hydrogen-bond acceptors (Lipinski definition) is 2. The van der Waals surface area contributed by atoms with E-state index in [9.17, 15) is 17.6 Å². The third-order valence-corrected chi connectivity index (χ3v) is 4.81. The molecule has 0 N–H and O–H groups in total. The van der Waals surface area contributed by atoms with Gasteiger partial charge in [-0.2, -0.15) is 0 Å². The summed E-state index contributed by atoms with van der Waals surface area (Å²) in [6.07, 6.45) is -1.74. The monoisotopic (exact) mass is 414 g/mol. The zero-order chi connectivity index (χ0) is 21.3. The summed E-state index contributed by atoms with van der Waals surface area (Å²) in [7, 11) is 0. The van der Waals surface area contributed by atoms with Crippen LogP contribution >= 0.6 is 0 Å². The van der Waals surface area contributed by atoms with E-state index in [1.807, 2.05) is 12.1 Å². The van der Waals surface area contributed by atoms with E-state index in [1.54, 1.807) is 12.1 Å².